The van der Waals surface area contributed by atoms with Crippen LogP contribution in [0.4, 0.5) is 5.69 Å². The van der Waals surface area contributed by atoms with Crippen molar-refractivity contribution in [2.75, 3.05) is 18.4 Å². The zero-order valence-electron chi connectivity index (χ0n) is 12.0. The van der Waals surface area contributed by atoms with E-state index in [0.717, 1.165) is 18.7 Å². The highest BCUT2D eigenvalue weighted by atomic mass is 16.1. The molecular formula is C16H24N2O. The molecule has 2 rings (SSSR count). The lowest BCUT2D eigenvalue weighted by molar-refractivity contribution is -0.119. The summed E-state index contributed by atoms with van der Waals surface area (Å²) in [7, 11) is 0. The Bertz CT molecular complexity index is 440. The van der Waals surface area contributed by atoms with Gasteiger partial charge in [0.05, 0.1) is 6.54 Å². The number of anilines is 1. The van der Waals surface area contributed by atoms with Crippen LogP contribution in [-0.4, -0.2) is 19.0 Å². The number of hydrogen-bond acceptors (Lipinski definition) is 2. The fraction of sp³-hybridized carbons (Fsp3) is 0.562. The standard InChI is InChI=1S/C16H24N2O/c1-12(2)10-18-16(19)11-17-15-9-5-7-13-6-3-4-8-14(13)15/h5,7,9,12,17H,3-4,6,8,10-11H2,1-2H3,(H,18,19). The maximum Gasteiger partial charge on any atom is 0.239 e. The normalized spacial score (nSPS) is 14.1. The quantitative estimate of drug-likeness (QED) is 0.854. The number of rotatable bonds is 5. The summed E-state index contributed by atoms with van der Waals surface area (Å²) in [5, 5.41) is 6.22. The highest BCUT2D eigenvalue weighted by Gasteiger charge is 2.13. The monoisotopic (exact) mass is 260 g/mol. The summed E-state index contributed by atoms with van der Waals surface area (Å²) >= 11 is 0. The van der Waals surface area contributed by atoms with Crippen LogP contribution in [0.2, 0.25) is 0 Å². The third-order valence-corrected chi connectivity index (χ3v) is 3.54. The molecule has 0 spiro atoms. The molecule has 19 heavy (non-hydrogen) atoms. The van der Waals surface area contributed by atoms with Gasteiger partial charge in [0.2, 0.25) is 5.91 Å². The molecule has 0 radical (unpaired) electrons. The first-order valence-electron chi connectivity index (χ1n) is 7.28. The van der Waals surface area contributed by atoms with E-state index in [0.29, 0.717) is 12.5 Å². The van der Waals surface area contributed by atoms with Gasteiger partial charge < -0.3 is 10.6 Å². The molecule has 1 aliphatic rings. The molecule has 0 bridgehead atoms. The molecule has 0 saturated carbocycles. The molecule has 1 aliphatic carbocycles. The van der Waals surface area contributed by atoms with E-state index < -0.39 is 0 Å². The van der Waals surface area contributed by atoms with Crippen molar-refractivity contribution in [3.05, 3.63) is 29.3 Å². The lowest BCUT2D eigenvalue weighted by Crippen LogP contribution is -2.32. The summed E-state index contributed by atoms with van der Waals surface area (Å²) in [6.45, 7) is 5.30. The van der Waals surface area contributed by atoms with Crippen LogP contribution in [0, 0.1) is 5.92 Å². The Hall–Kier alpha value is -1.51. The number of hydrogen-bond donors (Lipinski definition) is 2. The average Bonchev–Trinajstić information content (AvgIpc) is 2.42. The number of nitrogens with one attached hydrogen (secondary N) is 2. The summed E-state index contributed by atoms with van der Waals surface area (Å²) < 4.78 is 0. The molecule has 1 amide bonds. The average molecular weight is 260 g/mol. The molecule has 0 aromatic heterocycles. The van der Waals surface area contributed by atoms with E-state index in [1.165, 1.54) is 30.4 Å². The van der Waals surface area contributed by atoms with E-state index in [4.69, 9.17) is 0 Å². The van der Waals surface area contributed by atoms with Crippen LogP contribution in [0.25, 0.3) is 0 Å². The maximum absolute atomic E-state index is 11.7. The molecule has 3 nitrogen and oxygen atoms in total. The van der Waals surface area contributed by atoms with Crippen LogP contribution in [0.3, 0.4) is 0 Å². The summed E-state index contributed by atoms with van der Waals surface area (Å²) in [4.78, 5) is 11.7. The first kappa shape index (κ1) is 13.9. The largest absolute Gasteiger partial charge is 0.376 e. The molecule has 104 valence electrons. The lowest BCUT2D eigenvalue weighted by atomic mass is 9.90. The first-order valence-corrected chi connectivity index (χ1v) is 7.28. The summed E-state index contributed by atoms with van der Waals surface area (Å²) in [6, 6.07) is 6.37. The minimum absolute atomic E-state index is 0.0714. The first-order chi connectivity index (χ1) is 9.16. The number of carbonyl (C=O) groups is 1. The van der Waals surface area contributed by atoms with Gasteiger partial charge in [0.25, 0.3) is 0 Å². The van der Waals surface area contributed by atoms with Crippen LogP contribution in [-0.2, 0) is 17.6 Å². The summed E-state index contributed by atoms with van der Waals surface area (Å²) in [5.74, 6) is 0.565. The summed E-state index contributed by atoms with van der Waals surface area (Å²) in [6.07, 6.45) is 4.84. The molecule has 0 aliphatic heterocycles. The van der Waals surface area contributed by atoms with Gasteiger partial charge in [-0.1, -0.05) is 26.0 Å². The van der Waals surface area contributed by atoms with Gasteiger partial charge >= 0.3 is 0 Å². The second-order valence-electron chi connectivity index (χ2n) is 5.70. The molecule has 0 heterocycles. The van der Waals surface area contributed by atoms with Gasteiger partial charge in [0.1, 0.15) is 0 Å². The molecule has 0 saturated heterocycles. The van der Waals surface area contributed by atoms with Crippen molar-refractivity contribution >= 4 is 11.6 Å². The second kappa shape index (κ2) is 6.60. The number of amides is 1. The van der Waals surface area contributed by atoms with Crippen molar-refractivity contribution in [3.63, 3.8) is 0 Å². The highest BCUT2D eigenvalue weighted by molar-refractivity contribution is 5.81. The lowest BCUT2D eigenvalue weighted by Gasteiger charge is -2.20. The van der Waals surface area contributed by atoms with E-state index in [2.05, 4.69) is 42.7 Å². The summed E-state index contributed by atoms with van der Waals surface area (Å²) in [5.41, 5.74) is 3.99. The Kier molecular flexibility index (Phi) is 4.83. The van der Waals surface area contributed by atoms with Gasteiger partial charge in [-0.25, -0.2) is 0 Å². The molecule has 3 heteroatoms. The Balaban J connectivity index is 1.91. The van der Waals surface area contributed by atoms with Crippen molar-refractivity contribution in [2.24, 2.45) is 5.92 Å². The van der Waals surface area contributed by atoms with E-state index in [9.17, 15) is 4.79 Å². The predicted molar refractivity (Wildman–Crippen MR) is 79.4 cm³/mol. The Labute approximate surface area is 115 Å². The topological polar surface area (TPSA) is 41.1 Å². The number of carbonyl (C=O) groups excluding carboxylic acids is 1. The van der Waals surface area contributed by atoms with E-state index >= 15 is 0 Å². The molecule has 0 unspecified atom stereocenters. The van der Waals surface area contributed by atoms with Crippen LogP contribution in [0.1, 0.15) is 37.8 Å². The number of benzene rings is 1. The highest BCUT2D eigenvalue weighted by Crippen LogP contribution is 2.27. The van der Waals surface area contributed by atoms with Crippen molar-refractivity contribution in [2.45, 2.75) is 39.5 Å². The molecule has 2 N–H and O–H groups in total. The molecule has 0 fully saturated rings. The van der Waals surface area contributed by atoms with Crippen molar-refractivity contribution < 1.29 is 4.79 Å². The maximum atomic E-state index is 11.7. The molecule has 1 aromatic carbocycles. The van der Waals surface area contributed by atoms with Crippen molar-refractivity contribution in [3.8, 4) is 0 Å². The van der Waals surface area contributed by atoms with Gasteiger partial charge in [-0.05, 0) is 48.8 Å². The van der Waals surface area contributed by atoms with E-state index in [-0.39, 0.29) is 5.91 Å². The van der Waals surface area contributed by atoms with Gasteiger partial charge in [-0.15, -0.1) is 0 Å². The van der Waals surface area contributed by atoms with Crippen LogP contribution < -0.4 is 10.6 Å². The molecule has 0 atom stereocenters. The van der Waals surface area contributed by atoms with Crippen LogP contribution >= 0.6 is 0 Å². The number of aryl methyl sites for hydroxylation is 1. The minimum Gasteiger partial charge on any atom is -0.376 e. The van der Waals surface area contributed by atoms with Crippen LogP contribution in [0.15, 0.2) is 18.2 Å². The minimum atomic E-state index is 0.0714. The number of fused-ring (bicyclic) bond motifs is 1. The predicted octanol–water partition coefficient (Wildman–Crippen LogP) is 2.75. The zero-order valence-corrected chi connectivity index (χ0v) is 12.0. The van der Waals surface area contributed by atoms with E-state index in [1.54, 1.807) is 0 Å². The SMILES string of the molecule is CC(C)CNC(=O)CNc1cccc2c1CCCC2. The van der Waals surface area contributed by atoms with Crippen LogP contribution in [0.5, 0.6) is 0 Å². The van der Waals surface area contributed by atoms with Crippen molar-refractivity contribution in [1.29, 1.82) is 0 Å². The van der Waals surface area contributed by atoms with Gasteiger partial charge in [-0.3, -0.25) is 4.79 Å². The Morgan fingerprint density at radius 1 is 1.26 bits per heavy atom. The molecule has 1 aromatic rings. The zero-order chi connectivity index (χ0) is 13.7. The third-order valence-electron chi connectivity index (χ3n) is 3.54. The fourth-order valence-corrected chi connectivity index (χ4v) is 2.50. The Morgan fingerprint density at radius 2 is 2.05 bits per heavy atom. The van der Waals surface area contributed by atoms with Crippen molar-refractivity contribution in [1.82, 2.24) is 5.32 Å². The smallest absolute Gasteiger partial charge is 0.239 e. The Morgan fingerprint density at radius 3 is 2.84 bits per heavy atom. The fourth-order valence-electron chi connectivity index (χ4n) is 2.50. The van der Waals surface area contributed by atoms with Gasteiger partial charge in [0.15, 0.2) is 0 Å². The molecular weight excluding hydrogens is 236 g/mol. The van der Waals surface area contributed by atoms with Gasteiger partial charge in [0, 0.05) is 12.2 Å². The van der Waals surface area contributed by atoms with E-state index in [1.807, 2.05) is 0 Å². The third kappa shape index (κ3) is 3.98. The van der Waals surface area contributed by atoms with Gasteiger partial charge in [-0.2, -0.15) is 0 Å². The second-order valence-corrected chi connectivity index (χ2v) is 5.70.